The number of aromatic nitrogens is 6. The van der Waals surface area contributed by atoms with Crippen molar-refractivity contribution >= 4 is 21.9 Å². The average molecular weight is 406 g/mol. The zero-order valence-electron chi connectivity index (χ0n) is 16.2. The van der Waals surface area contributed by atoms with E-state index in [-0.39, 0.29) is 5.82 Å². The molecule has 0 saturated carbocycles. The summed E-state index contributed by atoms with van der Waals surface area (Å²) in [6.45, 7) is 0. The Labute approximate surface area is 175 Å². The van der Waals surface area contributed by atoms with E-state index in [4.69, 9.17) is 0 Å². The molecule has 7 heteroatoms. The maximum absolute atomic E-state index is 13.4. The van der Waals surface area contributed by atoms with Crippen molar-refractivity contribution < 1.29 is 4.39 Å². The molecule has 1 aromatic carbocycles. The molecule has 31 heavy (non-hydrogen) atoms. The Kier molecular flexibility index (Phi) is 3.86. The first-order chi connectivity index (χ1) is 15.3. The normalized spacial score (nSPS) is 11.4. The number of benzene rings is 1. The van der Waals surface area contributed by atoms with E-state index in [1.165, 1.54) is 12.1 Å². The minimum atomic E-state index is -0.259. The molecule has 5 heterocycles. The lowest BCUT2D eigenvalue weighted by Gasteiger charge is -2.02. The van der Waals surface area contributed by atoms with Gasteiger partial charge in [0.2, 0.25) is 0 Å². The Morgan fingerprint density at radius 1 is 0.774 bits per heavy atom. The van der Waals surface area contributed by atoms with Gasteiger partial charge >= 0.3 is 0 Å². The first kappa shape index (κ1) is 17.5. The van der Waals surface area contributed by atoms with Crippen molar-refractivity contribution in [3.63, 3.8) is 0 Å². The van der Waals surface area contributed by atoms with Crippen molar-refractivity contribution in [2.24, 2.45) is 0 Å². The first-order valence-corrected chi connectivity index (χ1v) is 9.75. The summed E-state index contributed by atoms with van der Waals surface area (Å²) >= 11 is 0. The van der Waals surface area contributed by atoms with Gasteiger partial charge in [0.05, 0.1) is 23.1 Å². The lowest BCUT2D eigenvalue weighted by molar-refractivity contribution is 0.628. The highest BCUT2D eigenvalue weighted by molar-refractivity contribution is 6.00. The number of pyridine rings is 3. The quantitative estimate of drug-likeness (QED) is 0.414. The fourth-order valence-electron chi connectivity index (χ4n) is 3.84. The Morgan fingerprint density at radius 3 is 2.45 bits per heavy atom. The van der Waals surface area contributed by atoms with Gasteiger partial charge in [-0.1, -0.05) is 12.1 Å². The zero-order valence-corrected chi connectivity index (χ0v) is 16.2. The molecule has 6 rings (SSSR count). The van der Waals surface area contributed by atoms with Crippen molar-refractivity contribution in [3.05, 3.63) is 85.2 Å². The number of fused-ring (bicyclic) bond motifs is 2. The summed E-state index contributed by atoms with van der Waals surface area (Å²) in [5, 5.41) is 9.48. The lowest BCUT2D eigenvalue weighted by atomic mass is 10.0. The third-order valence-corrected chi connectivity index (χ3v) is 5.37. The standard InChI is InChI=1S/C24H15FN6/c25-16-3-1-14(2-4-16)17-7-10-27-24-18(17)11-21(29-24)23-19-12-20(15-5-8-26-9-6-15)28-13-22(19)30-31-23/h1-13H,(H,27,29)(H,30,31). The molecule has 148 valence electrons. The molecular weight excluding hydrogens is 391 g/mol. The van der Waals surface area contributed by atoms with E-state index in [2.05, 4.69) is 30.1 Å². The van der Waals surface area contributed by atoms with Crippen LogP contribution in [0.25, 0.3) is 55.7 Å². The average Bonchev–Trinajstić information content (AvgIpc) is 3.43. The number of hydrogen-bond donors (Lipinski definition) is 2. The van der Waals surface area contributed by atoms with Gasteiger partial charge in [-0.15, -0.1) is 0 Å². The van der Waals surface area contributed by atoms with Crippen LogP contribution in [0.2, 0.25) is 0 Å². The van der Waals surface area contributed by atoms with Crippen LogP contribution in [0.1, 0.15) is 0 Å². The molecule has 0 saturated heterocycles. The largest absolute Gasteiger partial charge is 0.338 e. The van der Waals surface area contributed by atoms with Crippen LogP contribution in [-0.4, -0.2) is 30.1 Å². The second kappa shape index (κ2) is 6.84. The highest BCUT2D eigenvalue weighted by atomic mass is 19.1. The van der Waals surface area contributed by atoms with E-state index in [0.29, 0.717) is 0 Å². The molecule has 6 nitrogen and oxygen atoms in total. The molecule has 0 amide bonds. The molecule has 0 aliphatic heterocycles. The summed E-state index contributed by atoms with van der Waals surface area (Å²) in [5.41, 5.74) is 6.96. The molecule has 0 spiro atoms. The number of hydrogen-bond acceptors (Lipinski definition) is 4. The predicted molar refractivity (Wildman–Crippen MR) is 118 cm³/mol. The summed E-state index contributed by atoms with van der Waals surface area (Å²) < 4.78 is 13.4. The van der Waals surface area contributed by atoms with E-state index >= 15 is 0 Å². The number of nitrogens with zero attached hydrogens (tertiary/aromatic N) is 4. The van der Waals surface area contributed by atoms with Crippen molar-refractivity contribution in [3.8, 4) is 33.8 Å². The maximum Gasteiger partial charge on any atom is 0.138 e. The van der Waals surface area contributed by atoms with Gasteiger partial charge in [0.25, 0.3) is 0 Å². The molecular formula is C24H15FN6. The smallest absolute Gasteiger partial charge is 0.138 e. The maximum atomic E-state index is 13.4. The lowest BCUT2D eigenvalue weighted by Crippen LogP contribution is -1.84. The van der Waals surface area contributed by atoms with E-state index in [9.17, 15) is 4.39 Å². The first-order valence-electron chi connectivity index (χ1n) is 9.75. The van der Waals surface area contributed by atoms with Crippen molar-refractivity contribution in [1.82, 2.24) is 30.1 Å². The molecule has 0 unspecified atom stereocenters. The Morgan fingerprint density at radius 2 is 1.61 bits per heavy atom. The number of nitrogens with one attached hydrogen (secondary N) is 2. The van der Waals surface area contributed by atoms with Gasteiger partial charge in [0.15, 0.2) is 0 Å². The highest BCUT2D eigenvalue weighted by Gasteiger charge is 2.15. The fourth-order valence-corrected chi connectivity index (χ4v) is 3.84. The van der Waals surface area contributed by atoms with E-state index in [1.54, 1.807) is 36.9 Å². The monoisotopic (exact) mass is 406 g/mol. The third-order valence-electron chi connectivity index (χ3n) is 5.37. The van der Waals surface area contributed by atoms with Gasteiger partial charge in [0, 0.05) is 34.9 Å². The Bertz CT molecular complexity index is 1530. The summed E-state index contributed by atoms with van der Waals surface area (Å²) in [6, 6.07) is 16.3. The molecule has 0 aliphatic rings. The molecule has 2 N–H and O–H groups in total. The SMILES string of the molecule is Fc1ccc(-c2ccnc3[nH]c(-c4n[nH]c5cnc(-c6ccncc6)cc45)cc23)cc1. The van der Waals surface area contributed by atoms with Gasteiger partial charge < -0.3 is 4.98 Å². The minimum absolute atomic E-state index is 0.259. The molecule has 0 bridgehead atoms. The summed E-state index contributed by atoms with van der Waals surface area (Å²) in [6.07, 6.45) is 7.03. The van der Waals surface area contributed by atoms with Crippen LogP contribution in [0, 0.1) is 5.82 Å². The van der Waals surface area contributed by atoms with Crippen LogP contribution >= 0.6 is 0 Å². The summed E-state index contributed by atoms with van der Waals surface area (Å²) in [4.78, 5) is 16.5. The second-order valence-electron chi connectivity index (χ2n) is 7.23. The predicted octanol–water partition coefficient (Wildman–Crippen LogP) is 5.37. The van der Waals surface area contributed by atoms with Crippen LogP contribution in [0.4, 0.5) is 4.39 Å². The van der Waals surface area contributed by atoms with Gasteiger partial charge in [0.1, 0.15) is 17.2 Å². The van der Waals surface area contributed by atoms with Crippen LogP contribution in [0.5, 0.6) is 0 Å². The topological polar surface area (TPSA) is 83.1 Å². The van der Waals surface area contributed by atoms with Crippen LogP contribution < -0.4 is 0 Å². The highest BCUT2D eigenvalue weighted by Crippen LogP contribution is 2.34. The van der Waals surface area contributed by atoms with Gasteiger partial charge in [-0.3, -0.25) is 15.1 Å². The number of H-pyrrole nitrogens is 2. The molecule has 0 fully saturated rings. The van der Waals surface area contributed by atoms with E-state index in [0.717, 1.165) is 55.7 Å². The summed E-state index contributed by atoms with van der Waals surface area (Å²) in [5.74, 6) is -0.259. The van der Waals surface area contributed by atoms with E-state index in [1.807, 2.05) is 30.3 Å². The molecule has 0 radical (unpaired) electrons. The molecule has 5 aromatic heterocycles. The zero-order chi connectivity index (χ0) is 20.8. The van der Waals surface area contributed by atoms with Crippen molar-refractivity contribution in [2.45, 2.75) is 0 Å². The van der Waals surface area contributed by atoms with Crippen LogP contribution in [0.15, 0.2) is 79.4 Å². The molecule has 0 atom stereocenters. The van der Waals surface area contributed by atoms with Gasteiger partial charge in [-0.2, -0.15) is 5.10 Å². The number of rotatable bonds is 3. The third kappa shape index (κ3) is 2.95. The molecule has 6 aromatic rings. The second-order valence-corrected chi connectivity index (χ2v) is 7.23. The fraction of sp³-hybridized carbons (Fsp3) is 0. The number of aromatic amines is 2. The van der Waals surface area contributed by atoms with Crippen LogP contribution in [0.3, 0.4) is 0 Å². The summed E-state index contributed by atoms with van der Waals surface area (Å²) in [7, 11) is 0. The Balaban J connectivity index is 1.51. The molecule has 0 aliphatic carbocycles. The van der Waals surface area contributed by atoms with Crippen molar-refractivity contribution in [2.75, 3.05) is 0 Å². The number of halogens is 1. The minimum Gasteiger partial charge on any atom is -0.338 e. The van der Waals surface area contributed by atoms with Gasteiger partial charge in [-0.05, 0) is 53.6 Å². The van der Waals surface area contributed by atoms with Crippen LogP contribution in [-0.2, 0) is 0 Å². The van der Waals surface area contributed by atoms with E-state index < -0.39 is 0 Å². The Hall–Kier alpha value is -4.39. The van der Waals surface area contributed by atoms with Crippen molar-refractivity contribution in [1.29, 1.82) is 0 Å². The van der Waals surface area contributed by atoms with Gasteiger partial charge in [-0.25, -0.2) is 9.37 Å².